The number of allylic oxidation sites excluding steroid dienone is 1. The normalized spacial score (nSPS) is 41.6. The molecule has 3 saturated carbocycles. The third kappa shape index (κ3) is 3.83. The Morgan fingerprint density at radius 2 is 1.93 bits per heavy atom. The highest BCUT2D eigenvalue weighted by molar-refractivity contribution is 7.46. The molecule has 3 fully saturated rings. The minimum Gasteiger partial charge on any atom is -0.367 e. The highest BCUT2D eigenvalue weighted by Gasteiger charge is 2.59. The molecule has 168 valence electrons. The number of phosphoric ester groups is 1. The smallest absolute Gasteiger partial charge is 0.367 e. The van der Waals surface area contributed by atoms with Gasteiger partial charge in [-0.05, 0) is 86.5 Å². The summed E-state index contributed by atoms with van der Waals surface area (Å²) in [4.78, 5) is 34.5. The van der Waals surface area contributed by atoms with E-state index in [1.165, 1.54) is 24.8 Å². The van der Waals surface area contributed by atoms with Crippen molar-refractivity contribution in [3.05, 3.63) is 11.6 Å². The Bertz CT molecular complexity index is 818. The first kappa shape index (κ1) is 22.2. The van der Waals surface area contributed by atoms with Crippen molar-refractivity contribution in [2.45, 2.75) is 72.1 Å². The van der Waals surface area contributed by atoms with E-state index in [-0.39, 0.29) is 10.8 Å². The van der Waals surface area contributed by atoms with E-state index in [9.17, 15) is 9.36 Å². The van der Waals surface area contributed by atoms with Crippen LogP contribution in [0.2, 0.25) is 0 Å². The molecule has 0 saturated heterocycles. The molecular formula is C22H34NO6P. The second-order valence-electron chi connectivity index (χ2n) is 10.2. The number of hydrogen-bond acceptors (Lipinski definition) is 5. The summed E-state index contributed by atoms with van der Waals surface area (Å²) in [5, 5.41) is 4.14. The first-order valence-electron chi connectivity index (χ1n) is 11.1. The van der Waals surface area contributed by atoms with E-state index in [4.69, 9.17) is 14.6 Å². The maximum atomic E-state index is 12.0. The van der Waals surface area contributed by atoms with Gasteiger partial charge in [-0.25, -0.2) is 9.09 Å². The second-order valence-corrected chi connectivity index (χ2v) is 11.5. The van der Waals surface area contributed by atoms with Crippen molar-refractivity contribution in [3.63, 3.8) is 0 Å². The third-order valence-electron chi connectivity index (χ3n) is 8.95. The number of carbonyl (C=O) groups is 1. The zero-order chi connectivity index (χ0) is 21.7. The first-order valence-corrected chi connectivity index (χ1v) is 12.7. The maximum absolute atomic E-state index is 12.0. The second kappa shape index (κ2) is 7.84. The molecule has 2 N–H and O–H groups in total. The molecule has 8 heteroatoms. The predicted molar refractivity (Wildman–Crippen MR) is 112 cm³/mol. The van der Waals surface area contributed by atoms with E-state index >= 15 is 0 Å². The molecule has 0 heterocycles. The van der Waals surface area contributed by atoms with Crippen molar-refractivity contribution in [2.75, 3.05) is 6.79 Å². The van der Waals surface area contributed by atoms with Crippen LogP contribution in [0.15, 0.2) is 16.8 Å². The van der Waals surface area contributed by atoms with Gasteiger partial charge in [0.1, 0.15) is 0 Å². The zero-order valence-corrected chi connectivity index (χ0v) is 19.1. The SMILES string of the molecule is C/C(=N\OCOP(=O)(O)O)[C@H]1CCC2[C@@H]3CCC4=CC(=O)CC[C@]4(C)[C@H]3CC[C@@]21C. The van der Waals surface area contributed by atoms with Crippen LogP contribution in [0.3, 0.4) is 0 Å². The first-order chi connectivity index (χ1) is 14.0. The highest BCUT2D eigenvalue weighted by atomic mass is 31.2. The van der Waals surface area contributed by atoms with Gasteiger partial charge in [0.2, 0.25) is 6.79 Å². The van der Waals surface area contributed by atoms with Gasteiger partial charge < -0.3 is 14.6 Å². The van der Waals surface area contributed by atoms with Crippen molar-refractivity contribution in [1.82, 2.24) is 0 Å². The molecule has 0 bridgehead atoms. The number of oxime groups is 1. The van der Waals surface area contributed by atoms with Gasteiger partial charge >= 0.3 is 7.82 Å². The Labute approximate surface area is 178 Å². The molecule has 0 aromatic carbocycles. The molecular weight excluding hydrogens is 405 g/mol. The molecule has 0 spiro atoms. The number of nitrogens with zero attached hydrogens (tertiary/aromatic N) is 1. The summed E-state index contributed by atoms with van der Waals surface area (Å²) in [5.74, 6) is 2.62. The van der Waals surface area contributed by atoms with E-state index in [2.05, 4.69) is 23.5 Å². The van der Waals surface area contributed by atoms with Gasteiger partial charge in [-0.2, -0.15) is 0 Å². The van der Waals surface area contributed by atoms with Gasteiger partial charge in [0.15, 0.2) is 5.78 Å². The number of hydrogen-bond donors (Lipinski definition) is 2. The summed E-state index contributed by atoms with van der Waals surface area (Å²) in [6.07, 6.45) is 10.5. The van der Waals surface area contributed by atoms with E-state index in [0.717, 1.165) is 31.4 Å². The van der Waals surface area contributed by atoms with Crippen molar-refractivity contribution in [2.24, 2.45) is 39.7 Å². The fourth-order valence-corrected chi connectivity index (χ4v) is 7.71. The summed E-state index contributed by atoms with van der Waals surface area (Å²) >= 11 is 0. The fourth-order valence-electron chi connectivity index (χ4n) is 7.53. The number of carbonyl (C=O) groups excluding carboxylic acids is 1. The van der Waals surface area contributed by atoms with Gasteiger partial charge in [0, 0.05) is 12.3 Å². The van der Waals surface area contributed by atoms with Gasteiger partial charge in [-0.1, -0.05) is 24.6 Å². The quantitative estimate of drug-likeness (QED) is 0.213. The van der Waals surface area contributed by atoms with Crippen LogP contribution in [0.4, 0.5) is 0 Å². The number of fused-ring (bicyclic) bond motifs is 5. The minimum atomic E-state index is -4.55. The molecule has 1 unspecified atom stereocenters. The van der Waals surface area contributed by atoms with Gasteiger partial charge in [0.25, 0.3) is 0 Å². The molecule has 0 amide bonds. The molecule has 4 aliphatic carbocycles. The molecule has 6 atom stereocenters. The van der Waals surface area contributed by atoms with Crippen LogP contribution in [-0.4, -0.2) is 28.1 Å². The lowest BCUT2D eigenvalue weighted by Gasteiger charge is -2.58. The molecule has 30 heavy (non-hydrogen) atoms. The van der Waals surface area contributed by atoms with Crippen LogP contribution in [-0.2, 0) is 18.7 Å². The fraction of sp³-hybridized carbons (Fsp3) is 0.818. The third-order valence-corrected chi connectivity index (χ3v) is 9.39. The predicted octanol–water partition coefficient (Wildman–Crippen LogP) is 4.59. The van der Waals surface area contributed by atoms with Crippen molar-refractivity contribution in [3.8, 4) is 0 Å². The van der Waals surface area contributed by atoms with E-state index < -0.39 is 14.6 Å². The van der Waals surface area contributed by atoms with Crippen LogP contribution in [0.5, 0.6) is 0 Å². The average Bonchev–Trinajstić information content (AvgIpc) is 3.02. The van der Waals surface area contributed by atoms with Gasteiger partial charge in [-0.3, -0.25) is 4.79 Å². The molecule has 0 aromatic heterocycles. The Morgan fingerprint density at radius 3 is 2.67 bits per heavy atom. The summed E-state index contributed by atoms with van der Waals surface area (Å²) in [7, 11) is -4.55. The zero-order valence-electron chi connectivity index (χ0n) is 18.2. The lowest BCUT2D eigenvalue weighted by atomic mass is 9.46. The largest absolute Gasteiger partial charge is 0.472 e. The van der Waals surface area contributed by atoms with Crippen LogP contribution < -0.4 is 0 Å². The Morgan fingerprint density at radius 1 is 1.17 bits per heavy atom. The highest BCUT2D eigenvalue weighted by Crippen LogP contribution is 2.66. The topological polar surface area (TPSA) is 105 Å². The molecule has 4 aliphatic rings. The van der Waals surface area contributed by atoms with E-state index in [1.54, 1.807) is 0 Å². The van der Waals surface area contributed by atoms with Crippen molar-refractivity contribution >= 4 is 19.3 Å². The van der Waals surface area contributed by atoms with Crippen LogP contribution in [0.25, 0.3) is 0 Å². The summed E-state index contributed by atoms with van der Waals surface area (Å²) in [6, 6.07) is 0. The monoisotopic (exact) mass is 439 g/mol. The molecule has 0 aliphatic heterocycles. The molecule has 7 nitrogen and oxygen atoms in total. The molecule has 0 aromatic rings. The van der Waals surface area contributed by atoms with Crippen molar-refractivity contribution in [1.29, 1.82) is 0 Å². The van der Waals surface area contributed by atoms with Crippen LogP contribution in [0.1, 0.15) is 72.1 Å². The van der Waals surface area contributed by atoms with Crippen LogP contribution in [0, 0.1) is 34.5 Å². The molecule has 4 rings (SSSR count). The molecule has 0 radical (unpaired) electrons. The summed E-state index contributed by atoms with van der Waals surface area (Å²) in [5.41, 5.74) is 2.64. The summed E-state index contributed by atoms with van der Waals surface area (Å²) < 4.78 is 15.1. The van der Waals surface area contributed by atoms with Crippen molar-refractivity contribution < 1.29 is 28.5 Å². The Kier molecular flexibility index (Phi) is 5.80. The minimum absolute atomic E-state index is 0.171. The lowest BCUT2D eigenvalue weighted by molar-refractivity contribution is -0.117. The number of rotatable bonds is 5. The van der Waals surface area contributed by atoms with Gasteiger partial charge in [0.05, 0.1) is 5.71 Å². The Balaban J connectivity index is 1.48. The average molecular weight is 439 g/mol. The van der Waals surface area contributed by atoms with E-state index in [0.29, 0.717) is 35.9 Å². The summed E-state index contributed by atoms with van der Waals surface area (Å²) in [6.45, 7) is 6.20. The van der Waals surface area contributed by atoms with E-state index in [1.807, 2.05) is 13.0 Å². The Hall–Kier alpha value is -1.01. The maximum Gasteiger partial charge on any atom is 0.472 e. The van der Waals surface area contributed by atoms with Gasteiger partial charge in [-0.15, -0.1) is 0 Å². The lowest BCUT2D eigenvalue weighted by Crippen LogP contribution is -2.51. The number of phosphoric acid groups is 1. The number of ketones is 1. The van der Waals surface area contributed by atoms with Crippen LogP contribution >= 0.6 is 7.82 Å². The standard InChI is InChI=1S/C22H34NO6P/c1-14(23-28-13-29-30(25,26)27)18-6-7-19-17-5-4-15-12-16(24)8-10-21(15,2)20(17)9-11-22(18,19)3/h12,17-20H,4-11,13H2,1-3H3,(H2,25,26,27)/b23-14+/t17-,18+,19?,20-,21-,22+/m0/s1.